The van der Waals surface area contributed by atoms with Crippen LogP contribution in [0.4, 0.5) is 0 Å². The molecule has 0 saturated carbocycles. The van der Waals surface area contributed by atoms with E-state index >= 15 is 0 Å². The highest BCUT2D eigenvalue weighted by Gasteiger charge is 2.28. The van der Waals surface area contributed by atoms with Gasteiger partial charge in [-0.2, -0.15) is 0 Å². The number of likely N-dealkylation sites (tertiary alicyclic amines) is 1. The highest BCUT2D eigenvalue weighted by molar-refractivity contribution is 5.98. The van der Waals surface area contributed by atoms with Crippen molar-refractivity contribution in [1.82, 2.24) is 4.90 Å². The Morgan fingerprint density at radius 2 is 1.79 bits per heavy atom. The van der Waals surface area contributed by atoms with Crippen LogP contribution in [-0.2, 0) is 6.54 Å². The van der Waals surface area contributed by atoms with E-state index in [0.717, 1.165) is 24.9 Å². The maximum atomic E-state index is 13.0. The van der Waals surface area contributed by atoms with Gasteiger partial charge in [0.2, 0.25) is 5.75 Å². The maximum Gasteiger partial charge on any atom is 0.203 e. The molecule has 0 bridgehead atoms. The summed E-state index contributed by atoms with van der Waals surface area (Å²) in [4.78, 5) is 15.3. The van der Waals surface area contributed by atoms with Crippen LogP contribution >= 0.6 is 0 Å². The molecule has 1 heterocycles. The van der Waals surface area contributed by atoms with Gasteiger partial charge in [-0.1, -0.05) is 18.2 Å². The van der Waals surface area contributed by atoms with Crippen LogP contribution in [0.25, 0.3) is 0 Å². The highest BCUT2D eigenvalue weighted by Crippen LogP contribution is 2.40. The average Bonchev–Trinajstić information content (AvgIpc) is 2.78. The van der Waals surface area contributed by atoms with Crippen LogP contribution in [0.15, 0.2) is 36.4 Å². The van der Waals surface area contributed by atoms with E-state index in [9.17, 15) is 4.79 Å². The van der Waals surface area contributed by atoms with Gasteiger partial charge in [-0.05, 0) is 37.6 Å². The van der Waals surface area contributed by atoms with E-state index < -0.39 is 0 Å². The second kappa shape index (κ2) is 9.65. The fourth-order valence-corrected chi connectivity index (χ4v) is 3.95. The molecule has 2 aromatic rings. The largest absolute Gasteiger partial charge is 0.497 e. The zero-order valence-electron chi connectivity index (χ0n) is 17.6. The molecule has 1 saturated heterocycles. The number of nitrogens with zero attached hydrogens (tertiary/aromatic N) is 1. The second-order valence-corrected chi connectivity index (χ2v) is 7.16. The van der Waals surface area contributed by atoms with Crippen molar-refractivity contribution in [2.24, 2.45) is 5.92 Å². The summed E-state index contributed by atoms with van der Waals surface area (Å²) in [5.74, 6) is 2.76. The van der Waals surface area contributed by atoms with Crippen molar-refractivity contribution < 1.29 is 23.7 Å². The standard InChI is InChI=1S/C23H29NO5/c1-26-19-9-5-7-16(13-19)21(25)17-8-6-12-24(14-17)15-18-10-11-20(27-2)23(29-4)22(18)28-3/h5,7,9-11,13,17H,6,8,12,14-15H2,1-4H3/t17-/m0/s1. The third-order valence-electron chi connectivity index (χ3n) is 5.41. The number of rotatable bonds is 8. The molecule has 0 aromatic heterocycles. The SMILES string of the molecule is COc1cccc(C(=O)[C@H]2CCCN(Cc3ccc(OC)c(OC)c3OC)C2)c1. The van der Waals surface area contributed by atoms with Gasteiger partial charge in [-0.15, -0.1) is 0 Å². The van der Waals surface area contributed by atoms with Crippen LogP contribution < -0.4 is 18.9 Å². The molecule has 1 fully saturated rings. The quantitative estimate of drug-likeness (QED) is 0.629. The van der Waals surface area contributed by atoms with E-state index in [0.29, 0.717) is 41.7 Å². The van der Waals surface area contributed by atoms with Crippen LogP contribution in [0, 0.1) is 5.92 Å². The molecular weight excluding hydrogens is 370 g/mol. The minimum Gasteiger partial charge on any atom is -0.497 e. The maximum absolute atomic E-state index is 13.0. The van der Waals surface area contributed by atoms with Crippen molar-refractivity contribution in [3.63, 3.8) is 0 Å². The van der Waals surface area contributed by atoms with E-state index in [4.69, 9.17) is 18.9 Å². The fraction of sp³-hybridized carbons (Fsp3) is 0.435. The molecule has 1 aliphatic heterocycles. The molecule has 0 amide bonds. The molecule has 156 valence electrons. The number of piperidine rings is 1. The predicted octanol–water partition coefficient (Wildman–Crippen LogP) is 3.82. The number of ether oxygens (including phenoxy) is 4. The topological polar surface area (TPSA) is 57.2 Å². The average molecular weight is 399 g/mol. The number of hydrogen-bond acceptors (Lipinski definition) is 6. The molecule has 0 radical (unpaired) electrons. The molecule has 0 N–H and O–H groups in total. The van der Waals surface area contributed by atoms with Gasteiger partial charge in [-0.3, -0.25) is 9.69 Å². The molecule has 2 aromatic carbocycles. The first-order valence-electron chi connectivity index (χ1n) is 9.79. The number of hydrogen-bond donors (Lipinski definition) is 0. The number of carbonyl (C=O) groups excluding carboxylic acids is 1. The monoisotopic (exact) mass is 399 g/mol. The number of Topliss-reactive ketones (excluding diaryl/α,β-unsaturated/α-hetero) is 1. The number of methoxy groups -OCH3 is 4. The minimum atomic E-state index is -0.0259. The van der Waals surface area contributed by atoms with Crippen LogP contribution in [0.3, 0.4) is 0 Å². The molecule has 0 spiro atoms. The van der Waals surface area contributed by atoms with Crippen molar-refractivity contribution in [2.75, 3.05) is 41.5 Å². The Bertz CT molecular complexity index is 851. The molecule has 1 aliphatic rings. The van der Waals surface area contributed by atoms with Gasteiger partial charge in [-0.25, -0.2) is 0 Å². The first kappa shape index (κ1) is 21.0. The summed E-state index contributed by atoms with van der Waals surface area (Å²) in [5.41, 5.74) is 1.72. The molecule has 3 rings (SSSR count). The van der Waals surface area contributed by atoms with E-state index in [2.05, 4.69) is 4.90 Å². The van der Waals surface area contributed by atoms with Crippen molar-refractivity contribution in [3.8, 4) is 23.0 Å². The van der Waals surface area contributed by atoms with E-state index in [1.54, 1.807) is 28.4 Å². The Labute approximate surface area is 172 Å². The Hall–Kier alpha value is -2.73. The normalized spacial score (nSPS) is 16.9. The lowest BCUT2D eigenvalue weighted by atomic mass is 9.89. The van der Waals surface area contributed by atoms with E-state index in [1.807, 2.05) is 36.4 Å². The Balaban J connectivity index is 1.75. The van der Waals surface area contributed by atoms with Crippen LogP contribution in [0.5, 0.6) is 23.0 Å². The van der Waals surface area contributed by atoms with E-state index in [-0.39, 0.29) is 11.7 Å². The summed E-state index contributed by atoms with van der Waals surface area (Å²) in [6.45, 7) is 2.35. The summed E-state index contributed by atoms with van der Waals surface area (Å²) in [6.07, 6.45) is 1.88. The third-order valence-corrected chi connectivity index (χ3v) is 5.41. The van der Waals surface area contributed by atoms with Crippen molar-refractivity contribution in [3.05, 3.63) is 47.5 Å². The van der Waals surface area contributed by atoms with Crippen LogP contribution in [-0.4, -0.2) is 52.2 Å². The second-order valence-electron chi connectivity index (χ2n) is 7.16. The number of ketones is 1. The summed E-state index contributed by atoms with van der Waals surface area (Å²) in [7, 11) is 6.46. The minimum absolute atomic E-state index is 0.0259. The number of carbonyl (C=O) groups is 1. The first-order chi connectivity index (χ1) is 14.1. The zero-order valence-corrected chi connectivity index (χ0v) is 17.6. The van der Waals surface area contributed by atoms with Crippen LogP contribution in [0.2, 0.25) is 0 Å². The summed E-state index contributed by atoms with van der Waals surface area (Å²) in [5, 5.41) is 0. The summed E-state index contributed by atoms with van der Waals surface area (Å²) in [6, 6.07) is 11.3. The van der Waals surface area contributed by atoms with E-state index in [1.165, 1.54) is 0 Å². The van der Waals surface area contributed by atoms with Gasteiger partial charge < -0.3 is 18.9 Å². The molecule has 29 heavy (non-hydrogen) atoms. The van der Waals surface area contributed by atoms with Gasteiger partial charge >= 0.3 is 0 Å². The van der Waals surface area contributed by atoms with Crippen molar-refractivity contribution in [2.45, 2.75) is 19.4 Å². The lowest BCUT2D eigenvalue weighted by Gasteiger charge is -2.32. The van der Waals surface area contributed by atoms with Gasteiger partial charge in [0.25, 0.3) is 0 Å². The van der Waals surface area contributed by atoms with Crippen LogP contribution in [0.1, 0.15) is 28.8 Å². The molecule has 6 nitrogen and oxygen atoms in total. The Kier molecular flexibility index (Phi) is 6.99. The third kappa shape index (κ3) is 4.65. The smallest absolute Gasteiger partial charge is 0.203 e. The summed E-state index contributed by atoms with van der Waals surface area (Å²) >= 11 is 0. The van der Waals surface area contributed by atoms with Crippen molar-refractivity contribution >= 4 is 5.78 Å². The zero-order chi connectivity index (χ0) is 20.8. The molecule has 6 heteroatoms. The Morgan fingerprint density at radius 1 is 1.00 bits per heavy atom. The van der Waals surface area contributed by atoms with Gasteiger partial charge in [0.05, 0.1) is 28.4 Å². The lowest BCUT2D eigenvalue weighted by molar-refractivity contribution is 0.0810. The highest BCUT2D eigenvalue weighted by atomic mass is 16.5. The van der Waals surface area contributed by atoms with Gasteiger partial charge in [0.1, 0.15) is 5.75 Å². The lowest BCUT2D eigenvalue weighted by Crippen LogP contribution is -2.38. The molecular formula is C23H29NO5. The number of benzene rings is 2. The molecule has 0 unspecified atom stereocenters. The molecule has 1 atom stereocenters. The predicted molar refractivity (Wildman–Crippen MR) is 111 cm³/mol. The first-order valence-corrected chi connectivity index (χ1v) is 9.79. The van der Waals surface area contributed by atoms with Crippen molar-refractivity contribution in [1.29, 1.82) is 0 Å². The molecule has 0 aliphatic carbocycles. The summed E-state index contributed by atoms with van der Waals surface area (Å²) < 4.78 is 21.7. The van der Waals surface area contributed by atoms with Gasteiger partial charge in [0, 0.05) is 30.1 Å². The van der Waals surface area contributed by atoms with Gasteiger partial charge in [0.15, 0.2) is 17.3 Å². The Morgan fingerprint density at radius 3 is 2.48 bits per heavy atom. The fourth-order valence-electron chi connectivity index (χ4n) is 3.95.